The average molecular weight is 409 g/mol. The molecule has 0 bridgehead atoms. The van der Waals surface area contributed by atoms with Crippen molar-refractivity contribution in [3.05, 3.63) is 61.7 Å². The van der Waals surface area contributed by atoms with Gasteiger partial charge in [-0.05, 0) is 32.4 Å². The molecule has 0 fully saturated rings. The first-order valence-electron chi connectivity index (χ1n) is 9.70. The lowest BCUT2D eigenvalue weighted by atomic mass is 10.1. The Kier molecular flexibility index (Phi) is 4.81. The molecule has 1 amide bonds. The second-order valence-electron chi connectivity index (χ2n) is 7.50. The first kappa shape index (κ1) is 19.7. The lowest BCUT2D eigenvalue weighted by molar-refractivity contribution is 0.0927. The van der Waals surface area contributed by atoms with Gasteiger partial charge in [0.1, 0.15) is 16.9 Å². The van der Waals surface area contributed by atoms with Gasteiger partial charge in [-0.1, -0.05) is 11.6 Å². The van der Waals surface area contributed by atoms with Crippen LogP contribution in [0.4, 0.5) is 0 Å². The number of aromatic nitrogens is 4. The average Bonchev–Trinajstić information content (AvgIpc) is 3.30. The predicted octanol–water partition coefficient (Wildman–Crippen LogP) is 1.69. The molecule has 1 aromatic carbocycles. The highest BCUT2D eigenvalue weighted by Crippen LogP contribution is 2.26. The first-order chi connectivity index (χ1) is 14.3. The Bertz CT molecular complexity index is 1400. The minimum absolute atomic E-state index is 0.262. The first-order valence-corrected chi connectivity index (χ1v) is 9.70. The maximum Gasteiger partial charge on any atom is 0.332 e. The molecule has 0 aliphatic heterocycles. The van der Waals surface area contributed by atoms with Crippen molar-refractivity contribution >= 4 is 28.0 Å². The fourth-order valence-electron chi connectivity index (χ4n) is 3.58. The van der Waals surface area contributed by atoms with Gasteiger partial charge in [0.15, 0.2) is 11.4 Å². The van der Waals surface area contributed by atoms with E-state index in [9.17, 15) is 14.4 Å². The third kappa shape index (κ3) is 3.22. The van der Waals surface area contributed by atoms with Crippen LogP contribution in [0, 0.1) is 13.8 Å². The van der Waals surface area contributed by atoms with Crippen molar-refractivity contribution in [1.82, 2.24) is 24.4 Å². The van der Waals surface area contributed by atoms with Crippen molar-refractivity contribution < 1.29 is 9.21 Å². The molecule has 0 atom stereocenters. The summed E-state index contributed by atoms with van der Waals surface area (Å²) < 4.78 is 8.10. The van der Waals surface area contributed by atoms with Crippen molar-refractivity contribution in [2.45, 2.75) is 26.7 Å². The summed E-state index contributed by atoms with van der Waals surface area (Å²) in [5.41, 5.74) is 2.42. The fourth-order valence-corrected chi connectivity index (χ4v) is 3.58. The van der Waals surface area contributed by atoms with Crippen LogP contribution >= 0.6 is 0 Å². The van der Waals surface area contributed by atoms with E-state index in [4.69, 9.17) is 4.42 Å². The Morgan fingerprint density at radius 1 is 1.20 bits per heavy atom. The summed E-state index contributed by atoms with van der Waals surface area (Å²) in [6.07, 6.45) is 1.13. The molecule has 0 unspecified atom stereocenters. The third-order valence-corrected chi connectivity index (χ3v) is 5.32. The molecule has 156 valence electrons. The SMILES string of the molecule is Cc1ccc2oc(C(=O)NCCCc3nc4c([nH]3)c(=O)n(C)c(=O)n4C)c(C)c2c1. The highest BCUT2D eigenvalue weighted by atomic mass is 16.3. The smallest absolute Gasteiger partial charge is 0.332 e. The minimum Gasteiger partial charge on any atom is -0.451 e. The second kappa shape index (κ2) is 7.33. The maximum atomic E-state index is 12.5. The minimum atomic E-state index is -0.422. The molecule has 3 aromatic heterocycles. The van der Waals surface area contributed by atoms with Crippen LogP contribution in [0.15, 0.2) is 32.2 Å². The Hall–Kier alpha value is -3.62. The number of amides is 1. The molecule has 4 aromatic rings. The van der Waals surface area contributed by atoms with Crippen LogP contribution in [0.1, 0.15) is 33.9 Å². The molecular weight excluding hydrogens is 386 g/mol. The summed E-state index contributed by atoms with van der Waals surface area (Å²) in [5, 5.41) is 3.80. The van der Waals surface area contributed by atoms with Crippen LogP contribution in [0.25, 0.3) is 22.1 Å². The Morgan fingerprint density at radius 3 is 2.73 bits per heavy atom. The van der Waals surface area contributed by atoms with E-state index in [0.29, 0.717) is 47.7 Å². The summed E-state index contributed by atoms with van der Waals surface area (Å²) in [4.78, 5) is 44.1. The van der Waals surface area contributed by atoms with E-state index >= 15 is 0 Å². The molecule has 9 nitrogen and oxygen atoms in total. The topological polar surface area (TPSA) is 115 Å². The predicted molar refractivity (Wildman–Crippen MR) is 113 cm³/mol. The number of fused-ring (bicyclic) bond motifs is 2. The molecule has 0 aliphatic carbocycles. The van der Waals surface area contributed by atoms with Crippen molar-refractivity contribution in [2.24, 2.45) is 14.1 Å². The quantitative estimate of drug-likeness (QED) is 0.487. The molecule has 0 aliphatic rings. The van der Waals surface area contributed by atoms with Crippen LogP contribution in [0.5, 0.6) is 0 Å². The maximum absolute atomic E-state index is 12.5. The van der Waals surface area contributed by atoms with Crippen molar-refractivity contribution in [2.75, 3.05) is 6.54 Å². The van der Waals surface area contributed by atoms with Crippen LogP contribution in [0.3, 0.4) is 0 Å². The third-order valence-electron chi connectivity index (χ3n) is 5.32. The lowest BCUT2D eigenvalue weighted by Gasteiger charge is -2.03. The van der Waals surface area contributed by atoms with E-state index in [1.807, 2.05) is 32.0 Å². The zero-order valence-electron chi connectivity index (χ0n) is 17.3. The van der Waals surface area contributed by atoms with E-state index in [2.05, 4.69) is 15.3 Å². The van der Waals surface area contributed by atoms with Crippen molar-refractivity contribution in [3.8, 4) is 0 Å². The van der Waals surface area contributed by atoms with Gasteiger partial charge in [0.2, 0.25) is 0 Å². The Labute approximate surface area is 171 Å². The number of carbonyl (C=O) groups is 1. The number of furan rings is 1. The van der Waals surface area contributed by atoms with Crippen LogP contribution < -0.4 is 16.6 Å². The summed E-state index contributed by atoms with van der Waals surface area (Å²) in [5.74, 6) is 0.646. The van der Waals surface area contributed by atoms with Gasteiger partial charge in [-0.15, -0.1) is 0 Å². The number of nitrogens with one attached hydrogen (secondary N) is 2. The number of hydrogen-bond acceptors (Lipinski definition) is 5. The molecule has 4 rings (SSSR count). The highest BCUT2D eigenvalue weighted by Gasteiger charge is 2.17. The lowest BCUT2D eigenvalue weighted by Crippen LogP contribution is -2.36. The fraction of sp³-hybridized carbons (Fsp3) is 0.333. The molecule has 0 radical (unpaired) electrons. The number of H-pyrrole nitrogens is 1. The van der Waals surface area contributed by atoms with Gasteiger partial charge in [-0.2, -0.15) is 0 Å². The van der Waals surface area contributed by atoms with E-state index in [1.165, 1.54) is 11.6 Å². The Balaban J connectivity index is 1.43. The molecule has 3 heterocycles. The van der Waals surface area contributed by atoms with Crippen LogP contribution in [0.2, 0.25) is 0 Å². The molecule has 0 spiro atoms. The molecule has 2 N–H and O–H groups in total. The largest absolute Gasteiger partial charge is 0.451 e. The number of benzene rings is 1. The van der Waals surface area contributed by atoms with Gasteiger partial charge in [0, 0.05) is 38.0 Å². The van der Waals surface area contributed by atoms with Crippen LogP contribution in [-0.4, -0.2) is 31.6 Å². The second-order valence-corrected chi connectivity index (χ2v) is 7.50. The summed E-state index contributed by atoms with van der Waals surface area (Å²) in [6, 6.07) is 5.82. The van der Waals surface area contributed by atoms with Gasteiger partial charge in [0.05, 0.1) is 0 Å². The van der Waals surface area contributed by atoms with E-state index in [0.717, 1.165) is 21.1 Å². The zero-order valence-corrected chi connectivity index (χ0v) is 17.3. The number of hydrogen-bond donors (Lipinski definition) is 2. The number of aryl methyl sites for hydroxylation is 4. The number of nitrogens with zero attached hydrogens (tertiary/aromatic N) is 3. The summed E-state index contributed by atoms with van der Waals surface area (Å²) in [6.45, 7) is 4.29. The van der Waals surface area contributed by atoms with Gasteiger partial charge in [0.25, 0.3) is 11.5 Å². The van der Waals surface area contributed by atoms with Gasteiger partial charge in [-0.3, -0.25) is 18.7 Å². The van der Waals surface area contributed by atoms with Gasteiger partial charge in [-0.25, -0.2) is 9.78 Å². The molecule has 30 heavy (non-hydrogen) atoms. The normalized spacial score (nSPS) is 11.5. The number of carbonyl (C=O) groups excluding carboxylic acids is 1. The van der Waals surface area contributed by atoms with Gasteiger partial charge < -0.3 is 14.7 Å². The molecule has 9 heteroatoms. The standard InChI is InChI=1S/C21H23N5O4/c1-11-7-8-14-13(10-11)12(2)17(30-14)19(27)22-9-5-6-15-23-16-18(24-15)25(3)21(29)26(4)20(16)28/h7-8,10H,5-6,9H2,1-4H3,(H,22,27)(H,23,24). The van der Waals surface area contributed by atoms with Gasteiger partial charge >= 0.3 is 5.69 Å². The summed E-state index contributed by atoms with van der Waals surface area (Å²) >= 11 is 0. The van der Waals surface area contributed by atoms with Crippen molar-refractivity contribution in [1.29, 1.82) is 0 Å². The summed E-state index contributed by atoms with van der Waals surface area (Å²) in [7, 11) is 3.01. The van der Waals surface area contributed by atoms with E-state index in [1.54, 1.807) is 7.05 Å². The molecule has 0 saturated heterocycles. The monoisotopic (exact) mass is 409 g/mol. The van der Waals surface area contributed by atoms with E-state index < -0.39 is 11.2 Å². The Morgan fingerprint density at radius 2 is 1.97 bits per heavy atom. The zero-order chi connectivity index (χ0) is 21.6. The molecule has 0 saturated carbocycles. The van der Waals surface area contributed by atoms with Crippen molar-refractivity contribution in [3.63, 3.8) is 0 Å². The van der Waals surface area contributed by atoms with Crippen LogP contribution in [-0.2, 0) is 20.5 Å². The van der Waals surface area contributed by atoms with E-state index in [-0.39, 0.29) is 5.91 Å². The highest BCUT2D eigenvalue weighted by molar-refractivity contribution is 5.99. The molecular formula is C21H23N5O4. The number of rotatable bonds is 5. The number of aromatic amines is 1. The number of imidazole rings is 1.